The van der Waals surface area contributed by atoms with Gasteiger partial charge < -0.3 is 9.72 Å². The molecule has 0 bridgehead atoms. The first-order valence-corrected chi connectivity index (χ1v) is 7.75. The number of aryl methyl sites for hydroxylation is 1. The minimum Gasteiger partial charge on any atom is -0.462 e. The largest absolute Gasteiger partial charge is 0.462 e. The number of ether oxygens (including phenoxy) is 1. The number of aromatic amines is 1. The summed E-state index contributed by atoms with van der Waals surface area (Å²) in [5.74, 6) is -0.734. The van der Waals surface area contributed by atoms with Gasteiger partial charge in [-0.15, -0.1) is 0 Å². The number of amides is 1. The highest BCUT2D eigenvalue weighted by Gasteiger charge is 2.26. The van der Waals surface area contributed by atoms with E-state index < -0.39 is 5.97 Å². The number of nitrogens with zero attached hydrogens (tertiary/aromatic N) is 3. The Labute approximate surface area is 144 Å². The van der Waals surface area contributed by atoms with Crippen molar-refractivity contribution in [1.82, 2.24) is 20.4 Å². The lowest BCUT2D eigenvalue weighted by atomic mass is 10.0. The van der Waals surface area contributed by atoms with Crippen LogP contribution in [-0.2, 0) is 9.53 Å². The van der Waals surface area contributed by atoms with Gasteiger partial charge in [0.25, 0.3) is 5.91 Å². The predicted molar refractivity (Wildman–Crippen MR) is 90.9 cm³/mol. The number of esters is 1. The maximum absolute atomic E-state index is 12.2. The molecular weight excluding hydrogens is 322 g/mol. The molecule has 2 aromatic heterocycles. The Morgan fingerprint density at radius 1 is 1.32 bits per heavy atom. The standard InChI is InChI=1S/C17H17N5O3/c1-4-25-17(24)14-9(2)12(20-10(14)3)7-11-15(21-22-16(11)23)13-8-18-5-6-19-13/h5-8,20H,4H2,1-3H3,(H,22,23). The van der Waals surface area contributed by atoms with E-state index in [4.69, 9.17) is 4.74 Å². The number of hydrogen-bond acceptors (Lipinski definition) is 6. The normalized spacial score (nSPS) is 15.2. The fraction of sp³-hybridized carbons (Fsp3) is 0.235. The van der Waals surface area contributed by atoms with Gasteiger partial charge in [0, 0.05) is 23.8 Å². The van der Waals surface area contributed by atoms with Crippen LogP contribution in [-0.4, -0.2) is 39.1 Å². The summed E-state index contributed by atoms with van der Waals surface area (Å²) in [5, 5.41) is 4.03. The lowest BCUT2D eigenvalue weighted by molar-refractivity contribution is -0.116. The van der Waals surface area contributed by atoms with Gasteiger partial charge in [0.05, 0.1) is 23.9 Å². The van der Waals surface area contributed by atoms with Crippen molar-refractivity contribution in [2.75, 3.05) is 6.61 Å². The van der Waals surface area contributed by atoms with Crippen molar-refractivity contribution in [3.63, 3.8) is 0 Å². The van der Waals surface area contributed by atoms with Crippen molar-refractivity contribution in [3.05, 3.63) is 52.4 Å². The highest BCUT2D eigenvalue weighted by molar-refractivity contribution is 6.32. The lowest BCUT2D eigenvalue weighted by Gasteiger charge is -2.02. The predicted octanol–water partition coefficient (Wildman–Crippen LogP) is 1.52. The fourth-order valence-electron chi connectivity index (χ4n) is 2.66. The zero-order chi connectivity index (χ0) is 18.0. The summed E-state index contributed by atoms with van der Waals surface area (Å²) in [7, 11) is 0. The Kier molecular flexibility index (Phi) is 4.42. The number of hydrogen-bond donors (Lipinski definition) is 2. The average molecular weight is 339 g/mol. The van der Waals surface area contributed by atoms with Crippen LogP contribution >= 0.6 is 0 Å². The Hall–Kier alpha value is -3.29. The van der Waals surface area contributed by atoms with Gasteiger partial charge in [0.2, 0.25) is 0 Å². The molecule has 0 fully saturated rings. The van der Waals surface area contributed by atoms with Crippen LogP contribution in [0.4, 0.5) is 0 Å². The van der Waals surface area contributed by atoms with Crippen LogP contribution in [0.25, 0.3) is 6.08 Å². The van der Waals surface area contributed by atoms with E-state index in [2.05, 4.69) is 25.5 Å². The van der Waals surface area contributed by atoms with E-state index in [1.165, 1.54) is 12.4 Å². The topological polar surface area (TPSA) is 109 Å². The molecule has 2 aromatic rings. The second-order valence-corrected chi connectivity index (χ2v) is 5.43. The van der Waals surface area contributed by atoms with Crippen molar-refractivity contribution >= 4 is 23.7 Å². The van der Waals surface area contributed by atoms with Crippen LogP contribution in [0.3, 0.4) is 0 Å². The molecule has 0 aromatic carbocycles. The van der Waals surface area contributed by atoms with Crippen molar-refractivity contribution in [2.24, 2.45) is 5.10 Å². The van der Waals surface area contributed by atoms with Gasteiger partial charge in [-0.1, -0.05) is 0 Å². The molecule has 0 aliphatic carbocycles. The lowest BCUT2D eigenvalue weighted by Crippen LogP contribution is -2.14. The molecule has 0 spiro atoms. The summed E-state index contributed by atoms with van der Waals surface area (Å²) in [6, 6.07) is 0. The monoisotopic (exact) mass is 339 g/mol. The van der Waals surface area contributed by atoms with Crippen molar-refractivity contribution in [1.29, 1.82) is 0 Å². The zero-order valence-electron chi connectivity index (χ0n) is 14.1. The van der Waals surface area contributed by atoms with Crippen LogP contribution in [0.15, 0.2) is 29.3 Å². The van der Waals surface area contributed by atoms with Crippen LogP contribution in [0.5, 0.6) is 0 Å². The molecule has 0 radical (unpaired) electrons. The van der Waals surface area contributed by atoms with Gasteiger partial charge in [-0.2, -0.15) is 5.10 Å². The van der Waals surface area contributed by atoms with E-state index in [0.29, 0.717) is 46.1 Å². The van der Waals surface area contributed by atoms with Crippen LogP contribution in [0, 0.1) is 13.8 Å². The summed E-state index contributed by atoms with van der Waals surface area (Å²) in [5.41, 5.74) is 6.18. The number of carbonyl (C=O) groups is 2. The van der Waals surface area contributed by atoms with E-state index in [9.17, 15) is 9.59 Å². The maximum Gasteiger partial charge on any atom is 0.340 e. The third-order valence-corrected chi connectivity index (χ3v) is 3.82. The molecular formula is C17H17N5O3. The summed E-state index contributed by atoms with van der Waals surface area (Å²) < 4.78 is 5.08. The van der Waals surface area contributed by atoms with Gasteiger partial charge in [-0.05, 0) is 32.4 Å². The van der Waals surface area contributed by atoms with E-state index in [0.717, 1.165) is 0 Å². The fourth-order valence-corrected chi connectivity index (χ4v) is 2.66. The number of aromatic nitrogens is 3. The molecule has 2 N–H and O–H groups in total. The number of H-pyrrole nitrogens is 1. The Morgan fingerprint density at radius 3 is 2.80 bits per heavy atom. The molecule has 0 saturated heterocycles. The molecule has 8 heteroatoms. The SMILES string of the molecule is CCOC(=O)c1c(C)[nH]c(C=C2C(=O)NN=C2c2cnccn2)c1C. The molecule has 0 saturated carbocycles. The van der Waals surface area contributed by atoms with Gasteiger partial charge in [0.1, 0.15) is 11.4 Å². The minimum absolute atomic E-state index is 0.297. The molecule has 25 heavy (non-hydrogen) atoms. The third-order valence-electron chi connectivity index (χ3n) is 3.82. The van der Waals surface area contributed by atoms with Crippen LogP contribution in [0.2, 0.25) is 0 Å². The molecule has 128 valence electrons. The second kappa shape index (κ2) is 6.68. The van der Waals surface area contributed by atoms with E-state index in [-0.39, 0.29) is 5.91 Å². The van der Waals surface area contributed by atoms with Gasteiger partial charge >= 0.3 is 5.97 Å². The number of rotatable bonds is 4. The summed E-state index contributed by atoms with van der Waals surface area (Å²) >= 11 is 0. The van der Waals surface area contributed by atoms with Crippen LogP contribution in [0.1, 0.15) is 39.9 Å². The summed E-state index contributed by atoms with van der Waals surface area (Å²) in [6.07, 6.45) is 6.26. The van der Waals surface area contributed by atoms with Crippen LogP contribution < -0.4 is 5.43 Å². The average Bonchev–Trinajstić information content (AvgIpc) is 3.09. The third kappa shape index (κ3) is 3.06. The maximum atomic E-state index is 12.2. The van der Waals surface area contributed by atoms with Crippen molar-refractivity contribution in [2.45, 2.75) is 20.8 Å². The summed E-state index contributed by atoms with van der Waals surface area (Å²) in [4.78, 5) is 35.6. The molecule has 3 heterocycles. The molecule has 1 aliphatic rings. The Morgan fingerprint density at radius 2 is 2.12 bits per heavy atom. The molecule has 1 aliphatic heterocycles. The molecule has 0 atom stereocenters. The molecule has 3 rings (SSSR count). The number of hydrazone groups is 1. The first kappa shape index (κ1) is 16.6. The molecule has 8 nitrogen and oxygen atoms in total. The first-order valence-electron chi connectivity index (χ1n) is 7.75. The first-order chi connectivity index (χ1) is 12.0. The minimum atomic E-state index is -0.392. The van der Waals surface area contributed by atoms with Gasteiger partial charge in [-0.25, -0.2) is 10.2 Å². The summed E-state index contributed by atoms with van der Waals surface area (Å²) in [6.45, 7) is 5.64. The smallest absolute Gasteiger partial charge is 0.340 e. The van der Waals surface area contributed by atoms with E-state index >= 15 is 0 Å². The van der Waals surface area contributed by atoms with Crippen molar-refractivity contribution in [3.8, 4) is 0 Å². The Bertz CT molecular complexity index is 897. The second-order valence-electron chi connectivity index (χ2n) is 5.43. The Balaban J connectivity index is 2.02. The van der Waals surface area contributed by atoms with Crippen molar-refractivity contribution < 1.29 is 14.3 Å². The van der Waals surface area contributed by atoms with Gasteiger partial charge in [0.15, 0.2) is 0 Å². The number of carbonyl (C=O) groups excluding carboxylic acids is 2. The molecule has 0 unspecified atom stereocenters. The highest BCUT2D eigenvalue weighted by Crippen LogP contribution is 2.23. The quantitative estimate of drug-likeness (QED) is 0.648. The molecule has 1 amide bonds. The zero-order valence-corrected chi connectivity index (χ0v) is 14.1. The van der Waals surface area contributed by atoms with Gasteiger partial charge in [-0.3, -0.25) is 14.8 Å². The number of nitrogens with one attached hydrogen (secondary N) is 2. The van der Waals surface area contributed by atoms with E-state index in [1.54, 1.807) is 33.0 Å². The highest BCUT2D eigenvalue weighted by atomic mass is 16.5. The van der Waals surface area contributed by atoms with E-state index in [1.807, 2.05) is 0 Å².